The third kappa shape index (κ3) is 13.7. The van der Waals surface area contributed by atoms with Crippen molar-refractivity contribution in [1.82, 2.24) is 31.5 Å². The van der Waals surface area contributed by atoms with Gasteiger partial charge in [-0.1, -0.05) is 42.5 Å². The van der Waals surface area contributed by atoms with E-state index in [0.29, 0.717) is 30.3 Å². The number of nitrogens with zero attached hydrogens (tertiary/aromatic N) is 1. The van der Waals surface area contributed by atoms with E-state index in [1.54, 1.807) is 54.6 Å². The van der Waals surface area contributed by atoms with Gasteiger partial charge in [-0.05, 0) is 112 Å². The van der Waals surface area contributed by atoms with E-state index < -0.39 is 90.8 Å². The maximum Gasteiger partial charge on any atom is 0.246 e. The molecular formula is C40H48I2N8O10. The van der Waals surface area contributed by atoms with Crippen LogP contribution in [-0.4, -0.2) is 118 Å². The van der Waals surface area contributed by atoms with E-state index in [2.05, 4.69) is 26.6 Å². The van der Waals surface area contributed by atoms with E-state index in [1.807, 2.05) is 45.2 Å². The summed E-state index contributed by atoms with van der Waals surface area (Å²) in [4.78, 5) is 93.4. The van der Waals surface area contributed by atoms with Crippen molar-refractivity contribution in [1.29, 1.82) is 0 Å². The van der Waals surface area contributed by atoms with Crippen LogP contribution < -0.4 is 38.1 Å². The Morgan fingerprint density at radius 1 is 0.767 bits per heavy atom. The molecule has 0 saturated carbocycles. The molecule has 1 saturated heterocycles. The number of benzene rings is 3. The Labute approximate surface area is 373 Å². The Kier molecular flexibility index (Phi) is 17.9. The molecule has 0 radical (unpaired) electrons. The standard InChI is InChI=1S/C40H48I2N8O10/c1-21(46-37(57)28(43)16-24-14-26(41)34(54)27(42)15-24)36(56)48-29(17-22-6-3-2-4-7-22)38(58)45-19-33(53)47-30(18-23-9-11-25(52)12-10-23)40(60)50-13-5-8-32(50)39(59)49-31(20-51)35(44)55/h2-4,6-7,9-12,14-15,21,28-32,51-52,54H,5,8,13,16-20,43H2,1H3,(H2,44,55)(H,45,58)(H,46,57)(H,47,53)(H,48,56)(H,49,59)/t21-,28+,29+,30+,31+,32+/m1/s1. The van der Waals surface area contributed by atoms with Crippen molar-refractivity contribution in [2.75, 3.05) is 19.7 Å². The van der Waals surface area contributed by atoms with Crippen LogP contribution in [0.5, 0.6) is 11.5 Å². The lowest BCUT2D eigenvalue weighted by molar-refractivity contribution is -0.142. The molecule has 1 fully saturated rings. The van der Waals surface area contributed by atoms with Gasteiger partial charge in [-0.25, -0.2) is 0 Å². The maximum absolute atomic E-state index is 14.0. The summed E-state index contributed by atoms with van der Waals surface area (Å²) in [6.45, 7) is 0.227. The van der Waals surface area contributed by atoms with Gasteiger partial charge in [0.25, 0.3) is 0 Å². The minimum atomic E-state index is -1.36. The Balaban J connectivity index is 1.43. The zero-order chi connectivity index (χ0) is 44.1. The molecule has 60 heavy (non-hydrogen) atoms. The van der Waals surface area contributed by atoms with Gasteiger partial charge in [0.05, 0.1) is 26.3 Å². The number of rotatable bonds is 19. The topological polar surface area (TPSA) is 296 Å². The summed E-state index contributed by atoms with van der Waals surface area (Å²) in [6, 6.07) is 11.1. The van der Waals surface area contributed by atoms with Crippen LogP contribution in [0.2, 0.25) is 0 Å². The van der Waals surface area contributed by atoms with Gasteiger partial charge in [-0.3, -0.25) is 33.6 Å². The van der Waals surface area contributed by atoms with E-state index in [4.69, 9.17) is 11.5 Å². The second kappa shape index (κ2) is 22.5. The van der Waals surface area contributed by atoms with Crippen molar-refractivity contribution in [3.8, 4) is 11.5 Å². The fourth-order valence-corrected chi connectivity index (χ4v) is 8.30. The van der Waals surface area contributed by atoms with Gasteiger partial charge in [-0.2, -0.15) is 0 Å². The first-order valence-electron chi connectivity index (χ1n) is 18.9. The number of nitrogens with two attached hydrogens (primary N) is 2. The molecule has 3 aromatic carbocycles. The smallest absolute Gasteiger partial charge is 0.246 e. The first-order chi connectivity index (χ1) is 28.5. The van der Waals surface area contributed by atoms with Crippen LogP contribution in [-0.2, 0) is 52.8 Å². The van der Waals surface area contributed by atoms with Gasteiger partial charge in [0.1, 0.15) is 41.7 Å². The highest BCUT2D eigenvalue weighted by Crippen LogP contribution is 2.28. The number of hydrogen-bond donors (Lipinski definition) is 10. The molecule has 1 heterocycles. The average molecular weight is 1050 g/mol. The molecule has 4 rings (SSSR count). The van der Waals surface area contributed by atoms with Crippen LogP contribution in [0.15, 0.2) is 66.7 Å². The zero-order valence-electron chi connectivity index (χ0n) is 32.5. The number of halogens is 2. The second-order valence-electron chi connectivity index (χ2n) is 14.2. The van der Waals surface area contributed by atoms with Crippen molar-refractivity contribution < 1.29 is 48.9 Å². The number of hydrogen-bond acceptors (Lipinski definition) is 11. The average Bonchev–Trinajstić information content (AvgIpc) is 3.71. The van der Waals surface area contributed by atoms with Crippen molar-refractivity contribution in [3.05, 3.63) is 90.6 Å². The maximum atomic E-state index is 14.0. The summed E-state index contributed by atoms with van der Waals surface area (Å²) >= 11 is 3.95. The molecule has 18 nitrogen and oxygen atoms in total. The normalized spacial score (nSPS) is 16.0. The van der Waals surface area contributed by atoms with Crippen molar-refractivity contribution in [2.24, 2.45) is 11.5 Å². The minimum absolute atomic E-state index is 0.0194. The van der Waals surface area contributed by atoms with Crippen LogP contribution in [0.3, 0.4) is 0 Å². The SMILES string of the molecule is C[C@@H](NC(=O)[C@@H](N)Cc1cc(I)c(O)c(I)c1)C(=O)N[C@@H](Cc1ccccc1)C(=O)NCC(=O)N[C@@H](Cc1ccc(O)cc1)C(=O)N1CCC[C@H]1C(=O)N[C@@H](CO)C(N)=O. The Morgan fingerprint density at radius 2 is 1.38 bits per heavy atom. The highest BCUT2D eigenvalue weighted by atomic mass is 127. The summed E-state index contributed by atoms with van der Waals surface area (Å²) in [5.74, 6) is -5.01. The fourth-order valence-electron chi connectivity index (χ4n) is 6.41. The van der Waals surface area contributed by atoms with Crippen LogP contribution in [0.4, 0.5) is 0 Å². The summed E-state index contributed by atoms with van der Waals surface area (Å²) < 4.78 is 1.19. The lowest BCUT2D eigenvalue weighted by Crippen LogP contribution is -2.58. The minimum Gasteiger partial charge on any atom is -0.508 e. The fraction of sp³-hybridized carbons (Fsp3) is 0.375. The number of nitrogens with one attached hydrogen (secondary N) is 5. The molecule has 0 bridgehead atoms. The van der Waals surface area contributed by atoms with E-state index in [-0.39, 0.29) is 43.7 Å². The quantitative estimate of drug-likeness (QED) is 0.0664. The number of aliphatic hydroxyl groups excluding tert-OH is 1. The van der Waals surface area contributed by atoms with E-state index >= 15 is 0 Å². The predicted molar refractivity (Wildman–Crippen MR) is 235 cm³/mol. The number of carbonyl (C=O) groups excluding carboxylic acids is 7. The number of phenols is 2. The van der Waals surface area contributed by atoms with Crippen molar-refractivity contribution >= 4 is 86.5 Å². The van der Waals surface area contributed by atoms with Gasteiger partial charge in [-0.15, -0.1) is 0 Å². The summed E-state index contributed by atoms with van der Waals surface area (Å²) in [7, 11) is 0. The van der Waals surface area contributed by atoms with Crippen LogP contribution in [0, 0.1) is 7.14 Å². The molecule has 0 unspecified atom stereocenters. The molecule has 322 valence electrons. The molecular weight excluding hydrogens is 1010 g/mol. The predicted octanol–water partition coefficient (Wildman–Crippen LogP) is -0.794. The summed E-state index contributed by atoms with van der Waals surface area (Å²) in [5.41, 5.74) is 13.4. The summed E-state index contributed by atoms with van der Waals surface area (Å²) in [5, 5.41) is 42.0. The molecule has 0 aliphatic carbocycles. The molecule has 7 amide bonds. The highest BCUT2D eigenvalue weighted by molar-refractivity contribution is 14.1. The van der Waals surface area contributed by atoms with Crippen LogP contribution in [0.1, 0.15) is 36.5 Å². The molecule has 6 atom stereocenters. The summed E-state index contributed by atoms with van der Waals surface area (Å²) in [6.07, 6.45) is 0.767. The number of amides is 7. The Bertz CT molecular complexity index is 2020. The Morgan fingerprint density at radius 3 is 2.00 bits per heavy atom. The number of phenolic OH excluding ortho intramolecular Hbond substituents is 2. The third-order valence-corrected chi connectivity index (χ3v) is 11.3. The zero-order valence-corrected chi connectivity index (χ0v) is 36.8. The molecule has 3 aromatic rings. The van der Waals surface area contributed by atoms with Crippen molar-refractivity contribution in [3.63, 3.8) is 0 Å². The Hall–Kier alpha value is -5.07. The van der Waals surface area contributed by atoms with E-state index in [0.717, 1.165) is 0 Å². The van der Waals surface area contributed by atoms with Gasteiger partial charge < -0.3 is 58.3 Å². The number of likely N-dealkylation sites (tertiary alicyclic amines) is 1. The molecule has 12 N–H and O–H groups in total. The molecule has 20 heteroatoms. The monoisotopic (exact) mass is 1050 g/mol. The van der Waals surface area contributed by atoms with E-state index in [1.165, 1.54) is 24.0 Å². The van der Waals surface area contributed by atoms with Gasteiger partial charge in [0.15, 0.2) is 0 Å². The van der Waals surface area contributed by atoms with Crippen LogP contribution in [0.25, 0.3) is 0 Å². The van der Waals surface area contributed by atoms with Gasteiger partial charge in [0, 0.05) is 19.4 Å². The number of aliphatic hydroxyl groups is 1. The first kappa shape index (κ1) is 47.6. The number of carbonyl (C=O) groups is 7. The third-order valence-electron chi connectivity index (χ3n) is 9.65. The number of aromatic hydroxyl groups is 2. The van der Waals surface area contributed by atoms with E-state index in [9.17, 15) is 48.9 Å². The van der Waals surface area contributed by atoms with Crippen molar-refractivity contribution in [2.45, 2.75) is 75.3 Å². The van der Waals surface area contributed by atoms with Gasteiger partial charge >= 0.3 is 0 Å². The van der Waals surface area contributed by atoms with Gasteiger partial charge in [0.2, 0.25) is 41.4 Å². The highest BCUT2D eigenvalue weighted by Gasteiger charge is 2.39. The largest absolute Gasteiger partial charge is 0.508 e. The molecule has 1 aliphatic heterocycles. The number of primary amides is 1. The lowest BCUT2D eigenvalue weighted by atomic mass is 10.0. The molecule has 0 aromatic heterocycles. The molecule has 1 aliphatic rings. The lowest BCUT2D eigenvalue weighted by Gasteiger charge is -2.29. The van der Waals surface area contributed by atoms with Crippen LogP contribution >= 0.6 is 45.2 Å². The first-order valence-corrected chi connectivity index (χ1v) is 21.1. The second-order valence-corrected chi connectivity index (χ2v) is 16.6. The molecule has 0 spiro atoms.